The van der Waals surface area contributed by atoms with Crippen LogP contribution in [0.2, 0.25) is 0 Å². The van der Waals surface area contributed by atoms with E-state index in [4.69, 9.17) is 56.8 Å². The minimum Gasteiger partial charge on any atom is -0.468 e. The number of aliphatic hydroxyl groups excluding tert-OH is 11. The highest BCUT2D eigenvalue weighted by atomic mass is 16.8. The van der Waals surface area contributed by atoms with Gasteiger partial charge in [0, 0.05) is 28.6 Å². The van der Waals surface area contributed by atoms with Crippen LogP contribution in [0.1, 0.15) is 59.8 Å². The summed E-state index contributed by atoms with van der Waals surface area (Å²) >= 11 is 0. The van der Waals surface area contributed by atoms with Crippen molar-refractivity contribution in [2.24, 2.45) is 17.8 Å². The molecule has 440 valence electrons. The van der Waals surface area contributed by atoms with Gasteiger partial charge in [-0.3, -0.25) is 9.59 Å². The molecule has 0 bridgehead atoms. The maximum atomic E-state index is 13.5. The third-order valence-corrected chi connectivity index (χ3v) is 13.8. The number of esters is 5. The molecule has 0 aromatic rings. The van der Waals surface area contributed by atoms with E-state index >= 15 is 0 Å². The Kier molecular flexibility index (Phi) is 24.1. The Bertz CT molecular complexity index is 2210. The first kappa shape index (κ1) is 63.8. The predicted octanol–water partition coefficient (Wildman–Crippen LogP) is -3.46. The van der Waals surface area contributed by atoms with Gasteiger partial charge in [0.25, 0.3) is 0 Å². The molecule has 1 unspecified atom stereocenters. The van der Waals surface area contributed by atoms with Gasteiger partial charge in [0.2, 0.25) is 18.9 Å². The minimum absolute atomic E-state index is 0.0395. The lowest BCUT2D eigenvalue weighted by Crippen LogP contribution is -2.60. The van der Waals surface area contributed by atoms with E-state index < -0.39 is 179 Å². The maximum absolute atomic E-state index is 13.5. The first-order valence-corrected chi connectivity index (χ1v) is 25.1. The van der Waals surface area contributed by atoms with Crippen LogP contribution < -0.4 is 0 Å². The Morgan fingerprint density at radius 3 is 1.46 bits per heavy atom. The van der Waals surface area contributed by atoms with E-state index in [-0.39, 0.29) is 40.4 Å². The van der Waals surface area contributed by atoms with Gasteiger partial charge in [-0.25, -0.2) is 14.4 Å². The van der Waals surface area contributed by atoms with E-state index in [2.05, 4.69) is 0 Å². The minimum atomic E-state index is -1.96. The molecule has 3 saturated heterocycles. The molecule has 0 radical (unpaired) electrons. The molecule has 0 aliphatic carbocycles. The number of hydrogen-bond acceptors (Lipinski definition) is 28. The van der Waals surface area contributed by atoms with Crippen LogP contribution in [0.5, 0.6) is 0 Å². The highest BCUT2D eigenvalue weighted by Crippen LogP contribution is 2.39. The van der Waals surface area contributed by atoms with Crippen molar-refractivity contribution in [2.45, 2.75) is 164 Å². The van der Waals surface area contributed by atoms with Gasteiger partial charge in [-0.1, -0.05) is 25.2 Å². The zero-order chi connectivity index (χ0) is 57.7. The SMILES string of the molecule is C/C=C1/[C@H](O[C@@H]2O[C@H](CO)[C@@H](O)[C@H](O)[C@H]2O)OC=C(C(=O)OC)[C@H]1CC(=O)OC[C@H]1O[C@@H](O[C@@H]2OC=C(C(=O)OC)[C@@H](CC(=O)OCCC(C)CC/C=C(\C)C(=O)O[C@@H]3O[C@H](CO)[C@@H](O)[C@H](O)[C@H]3O)/C2=C\C)[C@H](O)[C@@H](O)[C@@H]1O. The van der Waals surface area contributed by atoms with Crippen molar-refractivity contribution < 1.29 is 137 Å². The van der Waals surface area contributed by atoms with E-state index in [0.717, 1.165) is 26.7 Å². The third-order valence-electron chi connectivity index (χ3n) is 13.8. The molecule has 5 aliphatic heterocycles. The molecule has 28 nitrogen and oxygen atoms in total. The third kappa shape index (κ3) is 15.5. The summed E-state index contributed by atoms with van der Waals surface area (Å²) in [5.74, 6) is -6.67. The Balaban J connectivity index is 1.16. The first-order chi connectivity index (χ1) is 37.0. The van der Waals surface area contributed by atoms with Gasteiger partial charge in [0.05, 0.1) is 70.6 Å². The monoisotopic (exact) mass is 1120 g/mol. The number of rotatable bonds is 22. The normalized spacial score (nSPS) is 36.7. The molecular formula is C50H72O28. The van der Waals surface area contributed by atoms with Crippen molar-refractivity contribution in [3.8, 4) is 0 Å². The molecule has 0 saturated carbocycles. The average molecular weight is 1120 g/mol. The fourth-order valence-corrected chi connectivity index (χ4v) is 9.01. The second kappa shape index (κ2) is 29.5. The molecule has 0 aromatic heterocycles. The highest BCUT2D eigenvalue weighted by molar-refractivity contribution is 5.91. The van der Waals surface area contributed by atoms with Gasteiger partial charge in [-0.15, -0.1) is 0 Å². The standard InChI is InChI=1S/C50H72O28/c1-7-23-25(14-32(53)69-13-12-21(3)10-9-11-22(4)43(64)76-48-40(61)37(58)34(55)29(16-51)73-48)27(44(65)67-5)18-72-47(23)78-50-42(63)39(60)36(57)31(75-50)20-70-33(54)15-26-24(8-2)46(71-19-28(26)45(66)68-6)77-49-41(62)38(59)35(56)30(17-52)74-49/h7-8,11,18-19,21,25-26,29-31,34-42,46-52,55-63H,9-10,12-17,20H2,1-6H3/b22-11+,23-7+,24-8+/t21?,25-,26-,29+,30+,31+,34+,35+,36+,37-,38-,39-,40+,41+,42+,46-,47-,48-,49-,50-/m0/s1. The van der Waals surface area contributed by atoms with Crippen LogP contribution >= 0.6 is 0 Å². The van der Waals surface area contributed by atoms with Crippen LogP contribution in [0.3, 0.4) is 0 Å². The molecule has 78 heavy (non-hydrogen) atoms. The fraction of sp³-hybridized carbons (Fsp3) is 0.700. The van der Waals surface area contributed by atoms with Crippen LogP contribution in [0.25, 0.3) is 0 Å². The van der Waals surface area contributed by atoms with Crippen molar-refractivity contribution in [3.63, 3.8) is 0 Å². The molecule has 0 spiro atoms. The molecule has 5 heterocycles. The smallest absolute Gasteiger partial charge is 0.337 e. The van der Waals surface area contributed by atoms with E-state index in [0.29, 0.717) is 19.3 Å². The summed E-state index contributed by atoms with van der Waals surface area (Å²) in [6, 6.07) is 0. The Morgan fingerprint density at radius 2 is 1.01 bits per heavy atom. The summed E-state index contributed by atoms with van der Waals surface area (Å²) in [5.41, 5.74) is 0.155. The van der Waals surface area contributed by atoms with Crippen LogP contribution in [0.4, 0.5) is 0 Å². The summed E-state index contributed by atoms with van der Waals surface area (Å²) in [6.45, 7) is 4.14. The van der Waals surface area contributed by atoms with Gasteiger partial charge < -0.3 is 113 Å². The molecular weight excluding hydrogens is 1050 g/mol. The number of carbonyl (C=O) groups excluding carboxylic acids is 5. The number of ether oxygens (including phenoxy) is 12. The van der Waals surface area contributed by atoms with Crippen molar-refractivity contribution in [1.82, 2.24) is 0 Å². The second-order valence-corrected chi connectivity index (χ2v) is 19.0. The molecule has 5 rings (SSSR count). The summed E-state index contributed by atoms with van der Waals surface area (Å²) in [7, 11) is 2.19. The zero-order valence-electron chi connectivity index (χ0n) is 43.7. The second-order valence-electron chi connectivity index (χ2n) is 19.0. The van der Waals surface area contributed by atoms with Crippen LogP contribution in [-0.2, 0) is 80.8 Å². The van der Waals surface area contributed by atoms with E-state index in [1.807, 2.05) is 6.92 Å². The quantitative estimate of drug-likeness (QED) is 0.0217. The van der Waals surface area contributed by atoms with Crippen molar-refractivity contribution in [1.29, 1.82) is 0 Å². The summed E-state index contributed by atoms with van der Waals surface area (Å²) < 4.78 is 65.4. The van der Waals surface area contributed by atoms with Crippen LogP contribution in [-0.4, -0.2) is 231 Å². The number of aliphatic hydroxyl groups is 11. The number of hydrogen-bond donors (Lipinski definition) is 11. The molecule has 3 fully saturated rings. The lowest BCUT2D eigenvalue weighted by Gasteiger charge is -2.42. The maximum Gasteiger partial charge on any atom is 0.337 e. The van der Waals surface area contributed by atoms with E-state index in [9.17, 15) is 80.1 Å². The highest BCUT2D eigenvalue weighted by Gasteiger charge is 2.50. The summed E-state index contributed by atoms with van der Waals surface area (Å²) in [4.78, 5) is 65.3. The molecule has 0 amide bonds. The molecule has 11 N–H and O–H groups in total. The predicted molar refractivity (Wildman–Crippen MR) is 255 cm³/mol. The number of carbonyl (C=O) groups is 5. The Labute approximate surface area is 447 Å². The number of allylic oxidation sites excluding steroid dienone is 3. The van der Waals surface area contributed by atoms with E-state index in [1.165, 1.54) is 26.0 Å². The molecule has 0 aromatic carbocycles. The largest absolute Gasteiger partial charge is 0.468 e. The Morgan fingerprint density at radius 1 is 0.590 bits per heavy atom. The topological polar surface area (TPSA) is 419 Å². The zero-order valence-corrected chi connectivity index (χ0v) is 43.7. The molecule has 5 aliphatic rings. The van der Waals surface area contributed by atoms with Crippen LogP contribution in [0, 0.1) is 17.8 Å². The van der Waals surface area contributed by atoms with Gasteiger partial charge in [0.1, 0.15) is 79.9 Å². The van der Waals surface area contributed by atoms with E-state index in [1.54, 1.807) is 13.0 Å². The fourth-order valence-electron chi connectivity index (χ4n) is 9.01. The molecule has 20 atom stereocenters. The summed E-state index contributed by atoms with van der Waals surface area (Å²) in [5, 5.41) is 113. The summed E-state index contributed by atoms with van der Waals surface area (Å²) in [6.07, 6.45) is -21.7. The Hall–Kier alpha value is -4.99. The number of methoxy groups -OCH3 is 2. The van der Waals surface area contributed by atoms with Crippen LogP contribution in [0.15, 0.2) is 58.6 Å². The van der Waals surface area contributed by atoms with Crippen molar-refractivity contribution in [3.05, 3.63) is 58.6 Å². The molecule has 28 heteroatoms. The van der Waals surface area contributed by atoms with Gasteiger partial charge in [-0.05, 0) is 46.0 Å². The lowest BCUT2D eigenvalue weighted by molar-refractivity contribution is -0.328. The van der Waals surface area contributed by atoms with Gasteiger partial charge >= 0.3 is 29.8 Å². The first-order valence-electron chi connectivity index (χ1n) is 25.1. The van der Waals surface area contributed by atoms with Gasteiger partial charge in [0.15, 0.2) is 12.6 Å². The van der Waals surface area contributed by atoms with Crippen molar-refractivity contribution in [2.75, 3.05) is 40.6 Å². The average Bonchev–Trinajstić information content (AvgIpc) is 3.42. The van der Waals surface area contributed by atoms with Gasteiger partial charge in [-0.2, -0.15) is 0 Å². The van der Waals surface area contributed by atoms with Crippen molar-refractivity contribution >= 4 is 29.8 Å². The lowest BCUT2D eigenvalue weighted by atomic mass is 9.86.